The first-order chi connectivity index (χ1) is 5.88. The first kappa shape index (κ1) is 8.28. The van der Waals surface area contributed by atoms with Crippen molar-refractivity contribution in [3.63, 3.8) is 0 Å². The van der Waals surface area contributed by atoms with E-state index in [1.54, 1.807) is 12.3 Å². The van der Waals surface area contributed by atoms with Crippen molar-refractivity contribution in [2.24, 2.45) is 0 Å². The van der Waals surface area contributed by atoms with E-state index in [9.17, 15) is 4.79 Å². The molecule has 0 bridgehead atoms. The molecule has 0 aliphatic rings. The molecule has 1 heterocycles. The highest BCUT2D eigenvalue weighted by molar-refractivity contribution is 5.78. The van der Waals surface area contributed by atoms with Gasteiger partial charge in [-0.05, 0) is 6.07 Å². The summed E-state index contributed by atoms with van der Waals surface area (Å²) in [7, 11) is 0. The molecule has 60 valence electrons. The summed E-state index contributed by atoms with van der Waals surface area (Å²) >= 11 is 0. The van der Waals surface area contributed by atoms with Gasteiger partial charge in [-0.3, -0.25) is 9.78 Å². The monoisotopic (exact) mass is 161 g/mol. The van der Waals surface area contributed by atoms with Crippen LogP contribution in [0, 0.1) is 12.3 Å². The average Bonchev–Trinajstić information content (AvgIpc) is 2.15. The van der Waals surface area contributed by atoms with Crippen LogP contribution in [0.3, 0.4) is 0 Å². The Labute approximate surface area is 70.4 Å². The molecule has 0 saturated heterocycles. The Morgan fingerprint density at radius 1 is 1.75 bits per heavy atom. The zero-order valence-electron chi connectivity index (χ0n) is 6.36. The summed E-state index contributed by atoms with van der Waals surface area (Å²) in [4.78, 5) is 14.2. The highest BCUT2D eigenvalue weighted by Gasteiger charge is 1.99. The minimum Gasteiger partial charge on any atom is -0.480 e. The van der Waals surface area contributed by atoms with Crippen LogP contribution < -0.4 is 4.74 Å². The lowest BCUT2D eigenvalue weighted by atomic mass is 10.3. The molecule has 0 atom stereocenters. The molecule has 0 N–H and O–H groups in total. The summed E-state index contributed by atoms with van der Waals surface area (Å²) in [6.07, 6.45) is 8.64. The molecule has 1 aromatic rings. The number of nitrogens with zero attached hydrogens (tertiary/aromatic N) is 1. The lowest BCUT2D eigenvalue weighted by Crippen LogP contribution is -1.97. The Bertz CT molecular complexity index is 315. The number of rotatable bonds is 3. The summed E-state index contributed by atoms with van der Waals surface area (Å²) in [5.74, 6) is 2.78. The molecule has 3 nitrogen and oxygen atoms in total. The van der Waals surface area contributed by atoms with Crippen molar-refractivity contribution in [2.75, 3.05) is 6.61 Å². The summed E-state index contributed by atoms with van der Waals surface area (Å²) in [5.41, 5.74) is 0.410. The molecule has 0 spiro atoms. The molecule has 0 unspecified atom stereocenters. The zero-order chi connectivity index (χ0) is 8.81. The van der Waals surface area contributed by atoms with Crippen molar-refractivity contribution < 1.29 is 9.53 Å². The number of ether oxygens (including phenoxy) is 1. The van der Waals surface area contributed by atoms with Crippen LogP contribution in [-0.2, 0) is 0 Å². The van der Waals surface area contributed by atoms with E-state index in [2.05, 4.69) is 10.9 Å². The number of carbonyl (C=O) groups excluding carboxylic acids is 1. The topological polar surface area (TPSA) is 39.2 Å². The van der Waals surface area contributed by atoms with Gasteiger partial charge in [-0.1, -0.05) is 5.92 Å². The van der Waals surface area contributed by atoms with Crippen LogP contribution in [0.15, 0.2) is 18.5 Å². The average molecular weight is 161 g/mol. The van der Waals surface area contributed by atoms with E-state index < -0.39 is 0 Å². The third-order valence-electron chi connectivity index (χ3n) is 1.25. The number of carbonyl (C=O) groups is 1. The van der Waals surface area contributed by atoms with Crippen molar-refractivity contribution in [2.45, 2.75) is 0 Å². The van der Waals surface area contributed by atoms with Crippen LogP contribution >= 0.6 is 0 Å². The second kappa shape index (κ2) is 4.14. The number of aldehydes is 1. The second-order valence-corrected chi connectivity index (χ2v) is 2.02. The van der Waals surface area contributed by atoms with Gasteiger partial charge in [0, 0.05) is 12.4 Å². The summed E-state index contributed by atoms with van der Waals surface area (Å²) in [6, 6.07) is 1.60. The number of hydrogen-bond donors (Lipinski definition) is 0. The standard InChI is InChI=1S/C9H7NO2/c1-2-5-12-9-3-4-10-6-8(9)7-11/h1,3-4,6-7H,5H2. The van der Waals surface area contributed by atoms with Crippen molar-refractivity contribution >= 4 is 6.29 Å². The Hall–Kier alpha value is -1.82. The number of hydrogen-bond acceptors (Lipinski definition) is 3. The van der Waals surface area contributed by atoms with Crippen molar-refractivity contribution in [1.82, 2.24) is 4.98 Å². The van der Waals surface area contributed by atoms with Crippen molar-refractivity contribution in [1.29, 1.82) is 0 Å². The molecule has 1 rings (SSSR count). The minimum absolute atomic E-state index is 0.158. The lowest BCUT2D eigenvalue weighted by Gasteiger charge is -2.02. The van der Waals surface area contributed by atoms with Gasteiger partial charge in [-0.15, -0.1) is 6.42 Å². The molecule has 0 radical (unpaired) electrons. The summed E-state index contributed by atoms with van der Waals surface area (Å²) in [6.45, 7) is 0.158. The molecule has 1 aromatic heterocycles. The van der Waals surface area contributed by atoms with Crippen LogP contribution in [0.25, 0.3) is 0 Å². The molecule has 0 amide bonds. The predicted octanol–water partition coefficient (Wildman–Crippen LogP) is 0.906. The maximum Gasteiger partial charge on any atom is 0.155 e. The number of terminal acetylenes is 1. The smallest absolute Gasteiger partial charge is 0.155 e. The van der Waals surface area contributed by atoms with Crippen molar-refractivity contribution in [3.05, 3.63) is 24.0 Å². The number of aromatic nitrogens is 1. The van der Waals surface area contributed by atoms with Crippen LogP contribution in [-0.4, -0.2) is 17.9 Å². The van der Waals surface area contributed by atoms with Gasteiger partial charge in [0.2, 0.25) is 0 Å². The van der Waals surface area contributed by atoms with Gasteiger partial charge >= 0.3 is 0 Å². The third kappa shape index (κ3) is 1.83. The fourth-order valence-corrected chi connectivity index (χ4v) is 0.733. The Kier molecular flexibility index (Phi) is 2.86. The van der Waals surface area contributed by atoms with E-state index in [-0.39, 0.29) is 6.61 Å². The van der Waals surface area contributed by atoms with Crippen LogP contribution in [0.2, 0.25) is 0 Å². The normalized spacial score (nSPS) is 8.58. The number of pyridine rings is 1. The van der Waals surface area contributed by atoms with E-state index in [1.807, 2.05) is 0 Å². The van der Waals surface area contributed by atoms with E-state index in [4.69, 9.17) is 11.2 Å². The van der Waals surface area contributed by atoms with Crippen LogP contribution in [0.4, 0.5) is 0 Å². The Morgan fingerprint density at radius 3 is 3.25 bits per heavy atom. The van der Waals surface area contributed by atoms with Gasteiger partial charge < -0.3 is 4.74 Å². The minimum atomic E-state index is 0.158. The molecule has 0 saturated carbocycles. The first-order valence-corrected chi connectivity index (χ1v) is 3.34. The quantitative estimate of drug-likeness (QED) is 0.488. The van der Waals surface area contributed by atoms with Gasteiger partial charge in [0.1, 0.15) is 12.4 Å². The van der Waals surface area contributed by atoms with Gasteiger partial charge in [0.15, 0.2) is 6.29 Å². The first-order valence-electron chi connectivity index (χ1n) is 3.34. The fourth-order valence-electron chi connectivity index (χ4n) is 0.733. The molecule has 0 aliphatic heterocycles. The summed E-state index contributed by atoms with van der Waals surface area (Å²) in [5, 5.41) is 0. The van der Waals surface area contributed by atoms with E-state index in [1.165, 1.54) is 6.20 Å². The SMILES string of the molecule is C#CCOc1ccncc1C=O. The Morgan fingerprint density at radius 2 is 2.58 bits per heavy atom. The molecule has 0 fully saturated rings. The Balaban J connectivity index is 2.83. The molecule has 0 aliphatic carbocycles. The second-order valence-electron chi connectivity index (χ2n) is 2.02. The molecular weight excluding hydrogens is 154 g/mol. The molecule has 0 aromatic carbocycles. The van der Waals surface area contributed by atoms with Gasteiger partial charge in [0.25, 0.3) is 0 Å². The van der Waals surface area contributed by atoms with E-state index >= 15 is 0 Å². The largest absolute Gasteiger partial charge is 0.480 e. The van der Waals surface area contributed by atoms with Gasteiger partial charge in [0.05, 0.1) is 5.56 Å². The highest BCUT2D eigenvalue weighted by Crippen LogP contribution is 2.13. The molecule has 3 heteroatoms. The summed E-state index contributed by atoms with van der Waals surface area (Å²) < 4.78 is 5.07. The van der Waals surface area contributed by atoms with Crippen LogP contribution in [0.1, 0.15) is 10.4 Å². The zero-order valence-corrected chi connectivity index (χ0v) is 6.36. The van der Waals surface area contributed by atoms with Crippen molar-refractivity contribution in [3.8, 4) is 18.1 Å². The lowest BCUT2D eigenvalue weighted by molar-refractivity contribution is 0.112. The maximum absolute atomic E-state index is 10.4. The van der Waals surface area contributed by atoms with Gasteiger partial charge in [-0.2, -0.15) is 0 Å². The third-order valence-corrected chi connectivity index (χ3v) is 1.25. The maximum atomic E-state index is 10.4. The molecular formula is C9H7NO2. The highest BCUT2D eigenvalue weighted by atomic mass is 16.5. The predicted molar refractivity (Wildman–Crippen MR) is 44.0 cm³/mol. The van der Waals surface area contributed by atoms with Gasteiger partial charge in [-0.25, -0.2) is 0 Å². The van der Waals surface area contributed by atoms with Crippen LogP contribution in [0.5, 0.6) is 5.75 Å². The van der Waals surface area contributed by atoms with E-state index in [0.717, 1.165) is 0 Å². The molecule has 12 heavy (non-hydrogen) atoms. The van der Waals surface area contributed by atoms with E-state index in [0.29, 0.717) is 17.6 Å². The fraction of sp³-hybridized carbons (Fsp3) is 0.111.